The van der Waals surface area contributed by atoms with Crippen molar-refractivity contribution in [1.82, 2.24) is 4.31 Å². The molecule has 0 radical (unpaired) electrons. The third-order valence-corrected chi connectivity index (χ3v) is 7.12. The lowest BCUT2D eigenvalue weighted by Crippen LogP contribution is -2.43. The fraction of sp³-hybridized carbons (Fsp3) is 0.278. The standard InChI is InChI=1S/C18H17BrClFN2O3S/c19-13-6-8-14(9-7-13)27(25,26)23-10-2-3-12(11-23)18(24)22-16-5-1-4-15(20)17(16)21/h1,4-9,12H,2-3,10-11H2,(H,22,24). The summed E-state index contributed by atoms with van der Waals surface area (Å²) in [6, 6.07) is 10.7. The van der Waals surface area contributed by atoms with Crippen molar-refractivity contribution in [2.45, 2.75) is 17.7 Å². The van der Waals surface area contributed by atoms with Crippen LogP contribution in [-0.4, -0.2) is 31.7 Å². The number of nitrogens with one attached hydrogen (secondary N) is 1. The van der Waals surface area contributed by atoms with E-state index in [-0.39, 0.29) is 22.2 Å². The first-order chi connectivity index (χ1) is 12.8. The smallest absolute Gasteiger partial charge is 0.243 e. The monoisotopic (exact) mass is 474 g/mol. The molecule has 0 aromatic heterocycles. The molecule has 0 spiro atoms. The third-order valence-electron chi connectivity index (χ3n) is 4.42. The Morgan fingerprint density at radius 3 is 2.63 bits per heavy atom. The Bertz CT molecular complexity index is 954. The van der Waals surface area contributed by atoms with Crippen LogP contribution in [0.25, 0.3) is 0 Å². The second-order valence-corrected chi connectivity index (χ2v) is 9.51. The van der Waals surface area contributed by atoms with Crippen LogP contribution in [-0.2, 0) is 14.8 Å². The zero-order chi connectivity index (χ0) is 19.6. The largest absolute Gasteiger partial charge is 0.323 e. The molecule has 1 atom stereocenters. The molecule has 0 aliphatic carbocycles. The van der Waals surface area contributed by atoms with E-state index in [2.05, 4.69) is 21.2 Å². The molecule has 1 N–H and O–H groups in total. The van der Waals surface area contributed by atoms with Crippen molar-refractivity contribution in [2.75, 3.05) is 18.4 Å². The lowest BCUT2D eigenvalue weighted by Gasteiger charge is -2.31. The van der Waals surface area contributed by atoms with Crippen molar-refractivity contribution in [1.29, 1.82) is 0 Å². The topological polar surface area (TPSA) is 66.5 Å². The second kappa shape index (κ2) is 8.26. The van der Waals surface area contributed by atoms with Crippen molar-refractivity contribution in [3.8, 4) is 0 Å². The van der Waals surface area contributed by atoms with Crippen LogP contribution in [0.5, 0.6) is 0 Å². The van der Waals surface area contributed by atoms with E-state index in [4.69, 9.17) is 11.6 Å². The Balaban J connectivity index is 1.74. The molecule has 1 aliphatic heterocycles. The van der Waals surface area contributed by atoms with Gasteiger partial charge in [0.25, 0.3) is 0 Å². The number of hydrogen-bond acceptors (Lipinski definition) is 3. The van der Waals surface area contributed by atoms with Gasteiger partial charge in [0.05, 0.1) is 21.5 Å². The average Bonchev–Trinajstić information content (AvgIpc) is 2.66. The Hall–Kier alpha value is -1.48. The number of carbonyl (C=O) groups is 1. The van der Waals surface area contributed by atoms with E-state index in [9.17, 15) is 17.6 Å². The molecular weight excluding hydrogens is 459 g/mol. The minimum absolute atomic E-state index is 0.0135. The maximum atomic E-state index is 14.0. The highest BCUT2D eigenvalue weighted by atomic mass is 79.9. The summed E-state index contributed by atoms with van der Waals surface area (Å²) < 4.78 is 41.7. The molecule has 0 saturated carbocycles. The summed E-state index contributed by atoms with van der Waals surface area (Å²) >= 11 is 9.01. The first kappa shape index (κ1) is 20.3. The first-order valence-corrected chi connectivity index (χ1v) is 10.9. The normalized spacial score (nSPS) is 18.3. The van der Waals surface area contributed by atoms with Gasteiger partial charge in [0.1, 0.15) is 0 Å². The van der Waals surface area contributed by atoms with Crippen LogP contribution in [0.4, 0.5) is 10.1 Å². The minimum atomic E-state index is -3.70. The molecule has 1 heterocycles. The Morgan fingerprint density at radius 2 is 1.93 bits per heavy atom. The van der Waals surface area contributed by atoms with Crippen molar-refractivity contribution >= 4 is 49.1 Å². The summed E-state index contributed by atoms with van der Waals surface area (Å²) in [7, 11) is -3.70. The molecule has 3 rings (SSSR count). The van der Waals surface area contributed by atoms with Gasteiger partial charge in [0, 0.05) is 17.6 Å². The fourth-order valence-electron chi connectivity index (χ4n) is 2.97. The van der Waals surface area contributed by atoms with Crippen molar-refractivity contribution in [3.63, 3.8) is 0 Å². The van der Waals surface area contributed by atoms with Gasteiger partial charge in [0.15, 0.2) is 5.82 Å². The molecule has 2 aromatic rings. The first-order valence-electron chi connectivity index (χ1n) is 8.29. The maximum Gasteiger partial charge on any atom is 0.243 e. The number of amides is 1. The number of carbonyl (C=O) groups excluding carboxylic acids is 1. The van der Waals surface area contributed by atoms with E-state index >= 15 is 0 Å². The zero-order valence-electron chi connectivity index (χ0n) is 14.2. The summed E-state index contributed by atoms with van der Waals surface area (Å²) in [4.78, 5) is 12.7. The van der Waals surface area contributed by atoms with Crippen LogP contribution in [0.15, 0.2) is 51.8 Å². The highest BCUT2D eigenvalue weighted by Crippen LogP contribution is 2.27. The van der Waals surface area contributed by atoms with E-state index in [1.165, 1.54) is 34.6 Å². The van der Waals surface area contributed by atoms with Gasteiger partial charge in [-0.1, -0.05) is 33.6 Å². The molecule has 1 unspecified atom stereocenters. The number of piperidine rings is 1. The number of benzene rings is 2. The van der Waals surface area contributed by atoms with E-state index in [1.54, 1.807) is 12.1 Å². The number of rotatable bonds is 4. The van der Waals surface area contributed by atoms with Crippen molar-refractivity contribution in [2.24, 2.45) is 5.92 Å². The summed E-state index contributed by atoms with van der Waals surface area (Å²) in [5.41, 5.74) is -0.0135. The van der Waals surface area contributed by atoms with Gasteiger partial charge in [-0.2, -0.15) is 4.31 Å². The van der Waals surface area contributed by atoms with Gasteiger partial charge in [-0.3, -0.25) is 4.79 Å². The van der Waals surface area contributed by atoms with E-state index in [1.807, 2.05) is 0 Å². The summed E-state index contributed by atoms with van der Waals surface area (Å²) in [5.74, 6) is -1.70. The molecule has 1 amide bonds. The highest BCUT2D eigenvalue weighted by Gasteiger charge is 2.33. The summed E-state index contributed by atoms with van der Waals surface area (Å²) in [5, 5.41) is 2.43. The van der Waals surface area contributed by atoms with Gasteiger partial charge in [0.2, 0.25) is 15.9 Å². The molecule has 27 heavy (non-hydrogen) atoms. The molecule has 9 heteroatoms. The van der Waals surface area contributed by atoms with Gasteiger partial charge in [-0.05, 0) is 49.2 Å². The maximum absolute atomic E-state index is 14.0. The zero-order valence-corrected chi connectivity index (χ0v) is 17.3. The van der Waals surface area contributed by atoms with Crippen LogP contribution >= 0.6 is 27.5 Å². The average molecular weight is 476 g/mol. The van der Waals surface area contributed by atoms with Gasteiger partial charge in [-0.15, -0.1) is 0 Å². The van der Waals surface area contributed by atoms with Crippen LogP contribution in [0, 0.1) is 11.7 Å². The second-order valence-electron chi connectivity index (χ2n) is 6.25. The van der Waals surface area contributed by atoms with Crippen LogP contribution in [0.2, 0.25) is 5.02 Å². The lowest BCUT2D eigenvalue weighted by molar-refractivity contribution is -0.120. The summed E-state index contributed by atoms with van der Waals surface area (Å²) in [6.45, 7) is 0.389. The summed E-state index contributed by atoms with van der Waals surface area (Å²) in [6.07, 6.45) is 1.08. The molecule has 0 bridgehead atoms. The molecule has 1 aliphatic rings. The number of halogens is 3. The molecule has 2 aromatic carbocycles. The molecular formula is C18H17BrClFN2O3S. The van der Waals surface area contributed by atoms with Crippen LogP contribution in [0.3, 0.4) is 0 Å². The van der Waals surface area contributed by atoms with Gasteiger partial charge >= 0.3 is 0 Å². The van der Waals surface area contributed by atoms with E-state index < -0.39 is 27.7 Å². The Morgan fingerprint density at radius 1 is 1.22 bits per heavy atom. The molecule has 144 valence electrons. The van der Waals surface area contributed by atoms with E-state index in [0.717, 1.165) is 4.47 Å². The third kappa shape index (κ3) is 4.51. The lowest BCUT2D eigenvalue weighted by atomic mass is 9.98. The van der Waals surface area contributed by atoms with Crippen molar-refractivity contribution in [3.05, 3.63) is 57.8 Å². The number of hydrogen-bond donors (Lipinski definition) is 1. The predicted octanol–water partition coefficient (Wildman–Crippen LogP) is 4.28. The molecule has 1 fully saturated rings. The van der Waals surface area contributed by atoms with E-state index in [0.29, 0.717) is 19.4 Å². The number of nitrogens with zero attached hydrogens (tertiary/aromatic N) is 1. The number of anilines is 1. The Labute approximate surface area is 170 Å². The molecule has 5 nitrogen and oxygen atoms in total. The molecule has 1 saturated heterocycles. The highest BCUT2D eigenvalue weighted by molar-refractivity contribution is 9.10. The van der Waals surface area contributed by atoms with Gasteiger partial charge in [-0.25, -0.2) is 12.8 Å². The van der Waals surface area contributed by atoms with Crippen molar-refractivity contribution < 1.29 is 17.6 Å². The van der Waals surface area contributed by atoms with Crippen LogP contribution in [0.1, 0.15) is 12.8 Å². The SMILES string of the molecule is O=C(Nc1cccc(Cl)c1F)C1CCCN(S(=O)(=O)c2ccc(Br)cc2)C1. The number of sulfonamides is 1. The van der Waals surface area contributed by atoms with Crippen LogP contribution < -0.4 is 5.32 Å². The Kier molecular flexibility index (Phi) is 6.20. The minimum Gasteiger partial charge on any atom is -0.323 e. The fourth-order valence-corrected chi connectivity index (χ4v) is 4.93. The quantitative estimate of drug-likeness (QED) is 0.718. The van der Waals surface area contributed by atoms with Gasteiger partial charge < -0.3 is 5.32 Å². The predicted molar refractivity (Wildman–Crippen MR) is 106 cm³/mol.